The van der Waals surface area contributed by atoms with E-state index in [0.29, 0.717) is 42.0 Å². The molecule has 1 fully saturated rings. The first-order chi connectivity index (χ1) is 9.49. The summed E-state index contributed by atoms with van der Waals surface area (Å²) in [4.78, 5) is 25.3. The Balaban J connectivity index is 2.05. The van der Waals surface area contributed by atoms with Crippen molar-refractivity contribution < 1.29 is 14.3 Å². The van der Waals surface area contributed by atoms with Crippen LogP contribution in [0.3, 0.4) is 0 Å². The zero-order chi connectivity index (χ0) is 14.7. The number of nitrogens with zero attached hydrogens (tertiary/aromatic N) is 1. The third-order valence-corrected chi connectivity index (χ3v) is 3.82. The lowest BCUT2D eigenvalue weighted by Gasteiger charge is -2.26. The van der Waals surface area contributed by atoms with Gasteiger partial charge in [-0.15, -0.1) is 0 Å². The van der Waals surface area contributed by atoms with Crippen LogP contribution in [0, 0.1) is 6.92 Å². The molecule has 0 saturated carbocycles. The van der Waals surface area contributed by atoms with Crippen molar-refractivity contribution in [2.75, 3.05) is 31.6 Å². The van der Waals surface area contributed by atoms with Crippen LogP contribution in [0.5, 0.6) is 0 Å². The van der Waals surface area contributed by atoms with E-state index in [1.54, 1.807) is 19.1 Å². The van der Waals surface area contributed by atoms with Crippen molar-refractivity contribution in [2.24, 2.45) is 0 Å². The largest absolute Gasteiger partial charge is 0.378 e. The van der Waals surface area contributed by atoms with E-state index in [2.05, 4.69) is 5.32 Å². The van der Waals surface area contributed by atoms with Gasteiger partial charge < -0.3 is 15.0 Å². The normalized spacial score (nSPS) is 15.1. The Morgan fingerprint density at radius 2 is 1.75 bits per heavy atom. The average molecular weight is 317 g/mol. The van der Waals surface area contributed by atoms with Crippen LogP contribution >= 0.6 is 23.2 Å². The minimum Gasteiger partial charge on any atom is -0.378 e. The van der Waals surface area contributed by atoms with Crippen molar-refractivity contribution in [3.05, 3.63) is 27.7 Å². The number of carbonyl (C=O) groups excluding carboxylic acids is 2. The number of hydrogen-bond donors (Lipinski definition) is 1. The van der Waals surface area contributed by atoms with Gasteiger partial charge in [-0.2, -0.15) is 0 Å². The summed E-state index contributed by atoms with van der Waals surface area (Å²) >= 11 is 12.0. The lowest BCUT2D eigenvalue weighted by atomic mass is 10.2. The summed E-state index contributed by atoms with van der Waals surface area (Å²) in [6, 6.07) is 3.13. The SMILES string of the molecule is Cc1c(Cl)cc(NC(=O)C(=O)N2CCOCC2)cc1Cl. The Morgan fingerprint density at radius 3 is 2.30 bits per heavy atom. The maximum atomic E-state index is 11.9. The number of carbonyl (C=O) groups is 2. The van der Waals surface area contributed by atoms with E-state index in [1.165, 1.54) is 4.90 Å². The summed E-state index contributed by atoms with van der Waals surface area (Å²) < 4.78 is 5.13. The number of ether oxygens (including phenoxy) is 1. The van der Waals surface area contributed by atoms with Crippen molar-refractivity contribution >= 4 is 40.7 Å². The Morgan fingerprint density at radius 1 is 1.20 bits per heavy atom. The first-order valence-electron chi connectivity index (χ1n) is 6.12. The summed E-state index contributed by atoms with van der Waals surface area (Å²) in [6.07, 6.45) is 0. The summed E-state index contributed by atoms with van der Waals surface area (Å²) in [7, 11) is 0. The van der Waals surface area contributed by atoms with Crippen LogP contribution < -0.4 is 5.32 Å². The van der Waals surface area contributed by atoms with Crippen LogP contribution in [-0.2, 0) is 14.3 Å². The topological polar surface area (TPSA) is 58.6 Å². The minimum atomic E-state index is -0.706. The summed E-state index contributed by atoms with van der Waals surface area (Å²) in [5.74, 6) is -1.29. The van der Waals surface area contributed by atoms with Crippen molar-refractivity contribution in [2.45, 2.75) is 6.92 Å². The van der Waals surface area contributed by atoms with Crippen LogP contribution in [-0.4, -0.2) is 43.0 Å². The number of amides is 2. The van der Waals surface area contributed by atoms with Crippen molar-refractivity contribution in [3.63, 3.8) is 0 Å². The van der Waals surface area contributed by atoms with Crippen molar-refractivity contribution in [1.29, 1.82) is 0 Å². The lowest BCUT2D eigenvalue weighted by Crippen LogP contribution is -2.45. The quantitative estimate of drug-likeness (QED) is 0.807. The van der Waals surface area contributed by atoms with Gasteiger partial charge in [-0.05, 0) is 24.6 Å². The molecule has 2 rings (SSSR count). The van der Waals surface area contributed by atoms with Crippen LogP contribution in [0.15, 0.2) is 12.1 Å². The number of halogens is 2. The molecule has 0 aliphatic carbocycles. The molecular formula is C13H14Cl2N2O3. The van der Waals surface area contributed by atoms with Crippen LogP contribution in [0.4, 0.5) is 5.69 Å². The molecule has 1 N–H and O–H groups in total. The molecule has 5 nitrogen and oxygen atoms in total. The molecule has 20 heavy (non-hydrogen) atoms. The Labute approximate surface area is 126 Å². The van der Waals surface area contributed by atoms with Gasteiger partial charge in [-0.1, -0.05) is 23.2 Å². The molecule has 0 atom stereocenters. The molecule has 0 spiro atoms. The Kier molecular flexibility index (Phi) is 4.86. The highest BCUT2D eigenvalue weighted by molar-refractivity contribution is 6.40. The third-order valence-electron chi connectivity index (χ3n) is 3.03. The number of benzene rings is 1. The number of rotatable bonds is 1. The number of hydrogen-bond acceptors (Lipinski definition) is 3. The fourth-order valence-corrected chi connectivity index (χ4v) is 2.30. The van der Waals surface area contributed by atoms with Gasteiger partial charge in [0.2, 0.25) is 0 Å². The minimum absolute atomic E-state index is 0.400. The van der Waals surface area contributed by atoms with E-state index in [1.807, 2.05) is 0 Å². The van der Waals surface area contributed by atoms with Gasteiger partial charge in [0.1, 0.15) is 0 Å². The second kappa shape index (κ2) is 6.43. The van der Waals surface area contributed by atoms with E-state index < -0.39 is 11.8 Å². The molecule has 7 heteroatoms. The van der Waals surface area contributed by atoms with Gasteiger partial charge >= 0.3 is 11.8 Å². The zero-order valence-electron chi connectivity index (χ0n) is 10.9. The van der Waals surface area contributed by atoms with Gasteiger partial charge in [0, 0.05) is 28.8 Å². The van der Waals surface area contributed by atoms with E-state index in [9.17, 15) is 9.59 Å². The van der Waals surface area contributed by atoms with Crippen LogP contribution in [0.25, 0.3) is 0 Å². The summed E-state index contributed by atoms with van der Waals surface area (Å²) in [5.41, 5.74) is 1.13. The van der Waals surface area contributed by atoms with Gasteiger partial charge in [-0.25, -0.2) is 0 Å². The lowest BCUT2D eigenvalue weighted by molar-refractivity contribution is -0.145. The molecule has 1 aromatic rings. The Bertz CT molecular complexity index is 519. The van der Waals surface area contributed by atoms with E-state index in [4.69, 9.17) is 27.9 Å². The van der Waals surface area contributed by atoms with Crippen molar-refractivity contribution in [3.8, 4) is 0 Å². The first-order valence-corrected chi connectivity index (χ1v) is 6.88. The number of morpholine rings is 1. The fourth-order valence-electron chi connectivity index (χ4n) is 1.81. The van der Waals surface area contributed by atoms with E-state index in [0.717, 1.165) is 5.56 Å². The molecule has 1 aliphatic heterocycles. The van der Waals surface area contributed by atoms with Gasteiger partial charge in [-0.3, -0.25) is 9.59 Å². The highest BCUT2D eigenvalue weighted by Gasteiger charge is 2.23. The fraction of sp³-hybridized carbons (Fsp3) is 0.385. The molecular weight excluding hydrogens is 303 g/mol. The first kappa shape index (κ1) is 15.1. The predicted molar refractivity (Wildman–Crippen MR) is 77.2 cm³/mol. The van der Waals surface area contributed by atoms with Crippen LogP contribution in [0.2, 0.25) is 10.0 Å². The molecule has 0 radical (unpaired) electrons. The smallest absolute Gasteiger partial charge is 0.313 e. The molecule has 1 aliphatic rings. The molecule has 1 heterocycles. The van der Waals surface area contributed by atoms with Crippen molar-refractivity contribution in [1.82, 2.24) is 4.90 Å². The van der Waals surface area contributed by atoms with Crippen LogP contribution in [0.1, 0.15) is 5.56 Å². The zero-order valence-corrected chi connectivity index (χ0v) is 12.4. The molecule has 1 aromatic carbocycles. The molecule has 2 amide bonds. The molecule has 0 bridgehead atoms. The maximum Gasteiger partial charge on any atom is 0.313 e. The second-order valence-corrected chi connectivity index (χ2v) is 5.24. The average Bonchev–Trinajstić information content (AvgIpc) is 2.44. The van der Waals surface area contributed by atoms with Gasteiger partial charge in [0.15, 0.2) is 0 Å². The molecule has 1 saturated heterocycles. The monoisotopic (exact) mass is 316 g/mol. The van der Waals surface area contributed by atoms with E-state index >= 15 is 0 Å². The highest BCUT2D eigenvalue weighted by atomic mass is 35.5. The second-order valence-electron chi connectivity index (χ2n) is 4.42. The molecule has 0 aromatic heterocycles. The van der Waals surface area contributed by atoms with Gasteiger partial charge in [0.05, 0.1) is 13.2 Å². The number of anilines is 1. The Hall–Kier alpha value is -1.30. The predicted octanol–water partition coefficient (Wildman–Crippen LogP) is 2.10. The standard InChI is InChI=1S/C13H14Cl2N2O3/c1-8-10(14)6-9(7-11(8)15)16-12(18)13(19)17-2-4-20-5-3-17/h6-7H,2-5H2,1H3,(H,16,18). The molecule has 108 valence electrons. The van der Waals surface area contributed by atoms with E-state index in [-0.39, 0.29) is 0 Å². The number of nitrogens with one attached hydrogen (secondary N) is 1. The highest BCUT2D eigenvalue weighted by Crippen LogP contribution is 2.28. The molecule has 0 unspecified atom stereocenters. The van der Waals surface area contributed by atoms with Gasteiger partial charge in [0.25, 0.3) is 0 Å². The summed E-state index contributed by atoms with van der Waals surface area (Å²) in [5, 5.41) is 3.38. The third kappa shape index (κ3) is 3.42. The maximum absolute atomic E-state index is 11.9. The summed E-state index contributed by atoms with van der Waals surface area (Å²) in [6.45, 7) is 3.50.